The predicted molar refractivity (Wildman–Crippen MR) is 79.4 cm³/mol. The molecule has 0 spiro atoms. The average molecular weight is 315 g/mol. The summed E-state index contributed by atoms with van der Waals surface area (Å²) in [5.41, 5.74) is 0. The SMILES string of the molecule is O=S(=O)(c1ccc(Cl)cc1)N1CCN2CCCCC2C1. The van der Waals surface area contributed by atoms with Crippen molar-refractivity contribution in [1.82, 2.24) is 9.21 Å². The van der Waals surface area contributed by atoms with Crippen LogP contribution in [0.3, 0.4) is 0 Å². The largest absolute Gasteiger partial charge is 0.298 e. The van der Waals surface area contributed by atoms with Crippen LogP contribution in [0.15, 0.2) is 29.2 Å². The Morgan fingerprint density at radius 1 is 1.05 bits per heavy atom. The first-order chi connectivity index (χ1) is 9.57. The molecule has 0 radical (unpaired) electrons. The van der Waals surface area contributed by atoms with Gasteiger partial charge in [0.1, 0.15) is 0 Å². The molecular weight excluding hydrogens is 296 g/mol. The fourth-order valence-electron chi connectivity index (χ4n) is 3.10. The van der Waals surface area contributed by atoms with Crippen LogP contribution in [0.4, 0.5) is 0 Å². The van der Waals surface area contributed by atoms with Crippen molar-refractivity contribution in [3.8, 4) is 0 Å². The number of nitrogens with zero attached hydrogens (tertiary/aromatic N) is 2. The summed E-state index contributed by atoms with van der Waals surface area (Å²) in [6.07, 6.45) is 3.54. The van der Waals surface area contributed by atoms with Gasteiger partial charge in [0.2, 0.25) is 10.0 Å². The molecule has 0 aliphatic carbocycles. The molecule has 3 rings (SSSR count). The summed E-state index contributed by atoms with van der Waals surface area (Å²) < 4.78 is 26.9. The Bertz CT molecular complexity index is 573. The zero-order valence-corrected chi connectivity index (χ0v) is 12.9. The predicted octanol–water partition coefficient (Wildman–Crippen LogP) is 2.20. The van der Waals surface area contributed by atoms with Crippen molar-refractivity contribution in [1.29, 1.82) is 0 Å². The second-order valence-electron chi connectivity index (χ2n) is 5.50. The maximum atomic E-state index is 12.6. The Labute approximate surface area is 125 Å². The quantitative estimate of drug-likeness (QED) is 0.840. The lowest BCUT2D eigenvalue weighted by atomic mass is 10.0. The maximum absolute atomic E-state index is 12.6. The summed E-state index contributed by atoms with van der Waals surface area (Å²) in [5.74, 6) is 0. The van der Waals surface area contributed by atoms with E-state index in [1.54, 1.807) is 28.6 Å². The number of hydrogen-bond donors (Lipinski definition) is 0. The van der Waals surface area contributed by atoms with Gasteiger partial charge in [0, 0.05) is 30.7 Å². The first-order valence-electron chi connectivity index (χ1n) is 7.07. The Morgan fingerprint density at radius 3 is 2.55 bits per heavy atom. The van der Waals surface area contributed by atoms with Gasteiger partial charge >= 0.3 is 0 Å². The molecule has 110 valence electrons. The minimum Gasteiger partial charge on any atom is -0.298 e. The highest BCUT2D eigenvalue weighted by Gasteiger charge is 2.34. The number of fused-ring (bicyclic) bond motifs is 1. The van der Waals surface area contributed by atoms with Gasteiger partial charge in [0.05, 0.1) is 4.90 Å². The number of piperidine rings is 1. The van der Waals surface area contributed by atoms with Crippen LogP contribution >= 0.6 is 11.6 Å². The summed E-state index contributed by atoms with van der Waals surface area (Å²) in [7, 11) is -3.38. The third-order valence-electron chi connectivity index (χ3n) is 4.25. The second kappa shape index (κ2) is 5.64. The lowest BCUT2D eigenvalue weighted by Gasteiger charge is -2.43. The Kier molecular flexibility index (Phi) is 4.04. The first kappa shape index (κ1) is 14.3. The summed E-state index contributed by atoms with van der Waals surface area (Å²) in [4.78, 5) is 2.77. The second-order valence-corrected chi connectivity index (χ2v) is 7.88. The van der Waals surface area contributed by atoms with Gasteiger partial charge in [0.15, 0.2) is 0 Å². The molecule has 0 aromatic heterocycles. The number of sulfonamides is 1. The van der Waals surface area contributed by atoms with Crippen molar-refractivity contribution in [3.05, 3.63) is 29.3 Å². The number of rotatable bonds is 2. The van der Waals surface area contributed by atoms with E-state index >= 15 is 0 Å². The number of piperazine rings is 1. The maximum Gasteiger partial charge on any atom is 0.243 e. The Balaban J connectivity index is 1.79. The number of halogens is 1. The molecule has 0 bridgehead atoms. The molecule has 20 heavy (non-hydrogen) atoms. The molecule has 0 amide bonds. The zero-order valence-electron chi connectivity index (χ0n) is 11.3. The Morgan fingerprint density at radius 2 is 1.80 bits per heavy atom. The van der Waals surface area contributed by atoms with Crippen LogP contribution in [0.2, 0.25) is 5.02 Å². The molecule has 2 aliphatic heterocycles. The molecule has 2 fully saturated rings. The molecule has 4 nitrogen and oxygen atoms in total. The molecule has 1 unspecified atom stereocenters. The van der Waals surface area contributed by atoms with Crippen molar-refractivity contribution >= 4 is 21.6 Å². The van der Waals surface area contributed by atoms with E-state index in [9.17, 15) is 8.42 Å². The molecule has 2 saturated heterocycles. The van der Waals surface area contributed by atoms with Crippen LogP contribution in [0.1, 0.15) is 19.3 Å². The molecule has 1 aromatic rings. The van der Waals surface area contributed by atoms with E-state index in [2.05, 4.69) is 4.90 Å². The van der Waals surface area contributed by atoms with Crippen molar-refractivity contribution in [2.24, 2.45) is 0 Å². The third-order valence-corrected chi connectivity index (χ3v) is 6.38. The minimum atomic E-state index is -3.38. The monoisotopic (exact) mass is 314 g/mol. The van der Waals surface area contributed by atoms with Crippen molar-refractivity contribution < 1.29 is 8.42 Å². The van der Waals surface area contributed by atoms with Crippen LogP contribution < -0.4 is 0 Å². The van der Waals surface area contributed by atoms with Crippen molar-refractivity contribution in [3.63, 3.8) is 0 Å². The van der Waals surface area contributed by atoms with Crippen molar-refractivity contribution in [2.45, 2.75) is 30.2 Å². The topological polar surface area (TPSA) is 40.6 Å². The lowest BCUT2D eigenvalue weighted by Crippen LogP contribution is -2.56. The smallest absolute Gasteiger partial charge is 0.243 e. The van der Waals surface area contributed by atoms with Crippen LogP contribution in [0.25, 0.3) is 0 Å². The minimum absolute atomic E-state index is 0.339. The van der Waals surface area contributed by atoms with E-state index in [-0.39, 0.29) is 0 Å². The highest BCUT2D eigenvalue weighted by Crippen LogP contribution is 2.25. The summed E-state index contributed by atoms with van der Waals surface area (Å²) >= 11 is 5.82. The normalized spacial score (nSPS) is 25.4. The molecule has 0 N–H and O–H groups in total. The third kappa shape index (κ3) is 2.72. The molecule has 0 saturated carbocycles. The summed E-state index contributed by atoms with van der Waals surface area (Å²) in [5, 5.41) is 0.557. The van der Waals surface area contributed by atoms with E-state index < -0.39 is 10.0 Å². The fraction of sp³-hybridized carbons (Fsp3) is 0.571. The number of hydrogen-bond acceptors (Lipinski definition) is 3. The zero-order chi connectivity index (χ0) is 14.2. The van der Waals surface area contributed by atoms with Gasteiger partial charge in [-0.25, -0.2) is 8.42 Å². The Hall–Kier alpha value is -0.620. The van der Waals surface area contributed by atoms with Crippen LogP contribution in [-0.4, -0.2) is 49.8 Å². The van der Waals surface area contributed by atoms with Gasteiger partial charge in [-0.2, -0.15) is 4.31 Å². The van der Waals surface area contributed by atoms with E-state index in [1.807, 2.05) is 0 Å². The van der Waals surface area contributed by atoms with E-state index in [1.165, 1.54) is 12.8 Å². The molecular formula is C14H19ClN2O2S. The highest BCUT2D eigenvalue weighted by atomic mass is 35.5. The highest BCUT2D eigenvalue weighted by molar-refractivity contribution is 7.89. The van der Waals surface area contributed by atoms with E-state index in [4.69, 9.17) is 11.6 Å². The molecule has 2 aliphatic rings. The number of benzene rings is 1. The summed E-state index contributed by atoms with van der Waals surface area (Å²) in [6, 6.07) is 6.83. The molecule has 1 aromatic carbocycles. The van der Waals surface area contributed by atoms with E-state index in [0.717, 1.165) is 19.5 Å². The summed E-state index contributed by atoms with van der Waals surface area (Å²) in [6.45, 7) is 3.16. The lowest BCUT2D eigenvalue weighted by molar-refractivity contribution is 0.0852. The van der Waals surface area contributed by atoms with Gasteiger partial charge in [-0.05, 0) is 43.7 Å². The standard InChI is InChI=1S/C14H19ClN2O2S/c15-12-4-6-14(7-5-12)20(18,19)17-10-9-16-8-2-1-3-13(16)11-17/h4-7,13H,1-3,8-11H2. The van der Waals surface area contributed by atoms with Gasteiger partial charge < -0.3 is 0 Å². The van der Waals surface area contributed by atoms with Crippen LogP contribution in [0.5, 0.6) is 0 Å². The van der Waals surface area contributed by atoms with E-state index in [0.29, 0.717) is 29.0 Å². The fourth-order valence-corrected chi connectivity index (χ4v) is 4.70. The van der Waals surface area contributed by atoms with Gasteiger partial charge in [0.25, 0.3) is 0 Å². The van der Waals surface area contributed by atoms with Crippen molar-refractivity contribution in [2.75, 3.05) is 26.2 Å². The first-order valence-corrected chi connectivity index (χ1v) is 8.89. The average Bonchev–Trinajstić information content (AvgIpc) is 2.47. The van der Waals surface area contributed by atoms with Gasteiger partial charge in [-0.1, -0.05) is 18.0 Å². The van der Waals surface area contributed by atoms with Crippen LogP contribution in [-0.2, 0) is 10.0 Å². The molecule has 1 atom stereocenters. The molecule has 6 heteroatoms. The van der Waals surface area contributed by atoms with Gasteiger partial charge in [-0.3, -0.25) is 4.90 Å². The molecule has 2 heterocycles. The van der Waals surface area contributed by atoms with Gasteiger partial charge in [-0.15, -0.1) is 0 Å². The van der Waals surface area contributed by atoms with Crippen LogP contribution in [0, 0.1) is 0 Å².